The molecule has 1 fully saturated rings. The van der Waals surface area contributed by atoms with Gasteiger partial charge in [0.05, 0.1) is 29.7 Å². The number of aryl methyl sites for hydroxylation is 1. The summed E-state index contributed by atoms with van der Waals surface area (Å²) in [4.78, 5) is 2.18. The van der Waals surface area contributed by atoms with E-state index in [1.54, 1.807) is 0 Å². The van der Waals surface area contributed by atoms with E-state index >= 15 is 0 Å². The van der Waals surface area contributed by atoms with E-state index in [1.807, 2.05) is 25.5 Å². The second kappa shape index (κ2) is 5.26. The first-order chi connectivity index (χ1) is 9.25. The zero-order valence-corrected chi connectivity index (χ0v) is 13.1. The molecule has 1 aliphatic rings. The molecule has 1 aliphatic heterocycles. The Morgan fingerprint density at radius 2 is 2.15 bits per heavy atom. The lowest BCUT2D eigenvalue weighted by molar-refractivity contribution is -0.101. The Morgan fingerprint density at radius 3 is 2.70 bits per heavy atom. The summed E-state index contributed by atoms with van der Waals surface area (Å²) in [5, 5.41) is 14.0. The number of aliphatic hydroxyl groups is 1. The molecule has 0 spiro atoms. The van der Waals surface area contributed by atoms with Crippen molar-refractivity contribution in [3.8, 4) is 0 Å². The van der Waals surface area contributed by atoms with Crippen LogP contribution in [0.4, 0.5) is 11.5 Å². The Hall–Kier alpha value is -1.27. The smallest absolute Gasteiger partial charge is 0.151 e. The van der Waals surface area contributed by atoms with Crippen LogP contribution < -0.4 is 10.6 Å². The fourth-order valence-electron chi connectivity index (χ4n) is 2.78. The Bertz CT molecular complexity index is 482. The Balaban J connectivity index is 2.39. The van der Waals surface area contributed by atoms with Crippen molar-refractivity contribution in [3.63, 3.8) is 0 Å². The number of rotatable bonds is 3. The topological polar surface area (TPSA) is 76.5 Å². The second-order valence-corrected chi connectivity index (χ2v) is 6.42. The van der Waals surface area contributed by atoms with Gasteiger partial charge in [-0.2, -0.15) is 5.10 Å². The first kappa shape index (κ1) is 15.1. The largest absolute Gasteiger partial charge is 0.394 e. The summed E-state index contributed by atoms with van der Waals surface area (Å²) in [6, 6.07) is 0.236. The zero-order valence-electron chi connectivity index (χ0n) is 13.1. The van der Waals surface area contributed by atoms with Crippen molar-refractivity contribution in [2.45, 2.75) is 52.4 Å². The molecule has 114 valence electrons. The summed E-state index contributed by atoms with van der Waals surface area (Å²) < 4.78 is 7.82. The summed E-state index contributed by atoms with van der Waals surface area (Å²) in [7, 11) is 0. The van der Waals surface area contributed by atoms with Crippen molar-refractivity contribution in [2.24, 2.45) is 0 Å². The van der Waals surface area contributed by atoms with Gasteiger partial charge in [-0.3, -0.25) is 0 Å². The van der Waals surface area contributed by atoms with E-state index in [0.29, 0.717) is 12.2 Å². The third-order valence-corrected chi connectivity index (χ3v) is 3.58. The van der Waals surface area contributed by atoms with Gasteiger partial charge in [0.15, 0.2) is 5.82 Å². The monoisotopic (exact) mass is 282 g/mol. The van der Waals surface area contributed by atoms with Crippen molar-refractivity contribution < 1.29 is 9.84 Å². The van der Waals surface area contributed by atoms with Gasteiger partial charge < -0.3 is 20.5 Å². The molecule has 1 aromatic rings. The summed E-state index contributed by atoms with van der Waals surface area (Å²) in [5.41, 5.74) is 7.46. The van der Waals surface area contributed by atoms with Gasteiger partial charge in [0.25, 0.3) is 0 Å². The Kier molecular flexibility index (Phi) is 3.97. The van der Waals surface area contributed by atoms with Crippen LogP contribution in [0.25, 0.3) is 0 Å². The van der Waals surface area contributed by atoms with Crippen LogP contribution in [0.15, 0.2) is 0 Å². The number of hydrogen-bond donors (Lipinski definition) is 2. The molecule has 0 radical (unpaired) electrons. The van der Waals surface area contributed by atoms with Crippen LogP contribution in [0.2, 0.25) is 0 Å². The highest BCUT2D eigenvalue weighted by atomic mass is 16.5. The number of aliphatic hydroxyl groups excluding tert-OH is 1. The molecular weight excluding hydrogens is 256 g/mol. The SMILES string of the molecule is Cc1nn(C(C)C)c(N2CC(CO)OC(C)(C)C2)c1N. The predicted molar refractivity (Wildman–Crippen MR) is 80.0 cm³/mol. The molecule has 1 unspecified atom stereocenters. The van der Waals surface area contributed by atoms with Gasteiger partial charge in [0, 0.05) is 19.1 Å². The van der Waals surface area contributed by atoms with Gasteiger partial charge in [-0.15, -0.1) is 0 Å². The second-order valence-electron chi connectivity index (χ2n) is 6.42. The molecule has 2 rings (SSSR count). The van der Waals surface area contributed by atoms with Crippen molar-refractivity contribution in [1.29, 1.82) is 0 Å². The van der Waals surface area contributed by atoms with Gasteiger partial charge in [0.2, 0.25) is 0 Å². The molecule has 3 N–H and O–H groups in total. The number of nitrogen functional groups attached to an aromatic ring is 1. The summed E-state index contributed by atoms with van der Waals surface area (Å²) in [6.07, 6.45) is -0.200. The van der Waals surface area contributed by atoms with E-state index in [1.165, 1.54) is 0 Å². The van der Waals surface area contributed by atoms with Crippen molar-refractivity contribution in [3.05, 3.63) is 5.69 Å². The maximum Gasteiger partial charge on any atom is 0.151 e. The predicted octanol–water partition coefficient (Wildman–Crippen LogP) is 1.33. The number of anilines is 2. The van der Waals surface area contributed by atoms with Crippen molar-refractivity contribution in [2.75, 3.05) is 30.3 Å². The van der Waals surface area contributed by atoms with E-state index in [-0.39, 0.29) is 24.4 Å². The van der Waals surface area contributed by atoms with Gasteiger partial charge in [-0.05, 0) is 34.6 Å². The number of hydrogen-bond acceptors (Lipinski definition) is 5. The third-order valence-electron chi connectivity index (χ3n) is 3.58. The molecule has 6 nitrogen and oxygen atoms in total. The quantitative estimate of drug-likeness (QED) is 0.874. The van der Waals surface area contributed by atoms with Crippen LogP contribution in [-0.4, -0.2) is 46.3 Å². The zero-order chi connectivity index (χ0) is 15.1. The molecule has 6 heteroatoms. The standard InChI is InChI=1S/C14H26N4O2/c1-9(2)18-13(12(15)10(3)16-18)17-6-11(7-19)20-14(4,5)8-17/h9,11,19H,6-8,15H2,1-5H3. The lowest BCUT2D eigenvalue weighted by Crippen LogP contribution is -2.54. The molecule has 20 heavy (non-hydrogen) atoms. The van der Waals surface area contributed by atoms with Crippen LogP contribution >= 0.6 is 0 Å². The number of nitrogens with two attached hydrogens (primary N) is 1. The molecule has 0 aliphatic carbocycles. The maximum atomic E-state index is 9.44. The maximum absolute atomic E-state index is 9.44. The van der Waals surface area contributed by atoms with Crippen LogP contribution in [0.5, 0.6) is 0 Å². The summed E-state index contributed by atoms with van der Waals surface area (Å²) >= 11 is 0. The normalized spacial score (nSPS) is 22.6. The van der Waals surface area contributed by atoms with Gasteiger partial charge in [-0.25, -0.2) is 4.68 Å². The average molecular weight is 282 g/mol. The average Bonchev–Trinajstić information content (AvgIpc) is 2.64. The minimum absolute atomic E-state index is 0.00856. The first-order valence-corrected chi connectivity index (χ1v) is 7.13. The first-order valence-electron chi connectivity index (χ1n) is 7.13. The summed E-state index contributed by atoms with van der Waals surface area (Å²) in [6.45, 7) is 11.5. The Labute approximate surface area is 120 Å². The van der Waals surface area contributed by atoms with E-state index in [4.69, 9.17) is 10.5 Å². The van der Waals surface area contributed by atoms with Crippen LogP contribution in [-0.2, 0) is 4.74 Å². The molecule has 0 aromatic carbocycles. The van der Waals surface area contributed by atoms with E-state index in [9.17, 15) is 5.11 Å². The van der Waals surface area contributed by atoms with E-state index < -0.39 is 0 Å². The lowest BCUT2D eigenvalue weighted by Gasteiger charge is -2.43. The van der Waals surface area contributed by atoms with Crippen LogP contribution in [0, 0.1) is 6.92 Å². The molecule has 0 saturated carbocycles. The van der Waals surface area contributed by atoms with Crippen LogP contribution in [0.1, 0.15) is 39.4 Å². The van der Waals surface area contributed by atoms with E-state index in [0.717, 1.165) is 18.1 Å². The highest BCUT2D eigenvalue weighted by molar-refractivity contribution is 5.66. The molecule has 0 bridgehead atoms. The molecule has 1 atom stereocenters. The Morgan fingerprint density at radius 1 is 1.50 bits per heavy atom. The number of morpholine rings is 1. The third kappa shape index (κ3) is 2.76. The summed E-state index contributed by atoms with van der Waals surface area (Å²) in [5.74, 6) is 0.937. The molecule has 1 saturated heterocycles. The number of nitrogens with zero attached hydrogens (tertiary/aromatic N) is 3. The van der Waals surface area contributed by atoms with Crippen LogP contribution in [0.3, 0.4) is 0 Å². The highest BCUT2D eigenvalue weighted by Crippen LogP contribution is 2.33. The van der Waals surface area contributed by atoms with Crippen molar-refractivity contribution >= 4 is 11.5 Å². The highest BCUT2D eigenvalue weighted by Gasteiger charge is 2.35. The van der Waals surface area contributed by atoms with Gasteiger partial charge in [-0.1, -0.05) is 0 Å². The lowest BCUT2D eigenvalue weighted by atomic mass is 10.1. The molecule has 2 heterocycles. The van der Waals surface area contributed by atoms with Gasteiger partial charge >= 0.3 is 0 Å². The fraction of sp³-hybridized carbons (Fsp3) is 0.786. The number of ether oxygens (including phenoxy) is 1. The minimum Gasteiger partial charge on any atom is -0.394 e. The molecule has 0 amide bonds. The minimum atomic E-state index is -0.321. The molecule has 1 aromatic heterocycles. The fourth-order valence-corrected chi connectivity index (χ4v) is 2.78. The van der Waals surface area contributed by atoms with Gasteiger partial charge in [0.1, 0.15) is 0 Å². The van der Waals surface area contributed by atoms with Crippen molar-refractivity contribution in [1.82, 2.24) is 9.78 Å². The number of aromatic nitrogens is 2. The van der Waals surface area contributed by atoms with E-state index in [2.05, 4.69) is 23.8 Å². The molecular formula is C14H26N4O2.